The molecule has 74 valence electrons. The zero-order chi connectivity index (χ0) is 9.61. The van der Waals surface area contributed by atoms with Crippen molar-refractivity contribution < 1.29 is 0 Å². The van der Waals surface area contributed by atoms with Gasteiger partial charge in [-0.3, -0.25) is 0 Å². The summed E-state index contributed by atoms with van der Waals surface area (Å²) in [4.78, 5) is 0. The van der Waals surface area contributed by atoms with Crippen LogP contribution in [0.25, 0.3) is 0 Å². The van der Waals surface area contributed by atoms with E-state index in [4.69, 9.17) is 0 Å². The molecule has 0 saturated carbocycles. The molecule has 0 rings (SSSR count). The Balaban J connectivity index is 4.15. The summed E-state index contributed by atoms with van der Waals surface area (Å²) in [7, 11) is 2.24. The minimum atomic E-state index is -1.28. The molecule has 1 atom stereocenters. The van der Waals surface area contributed by atoms with Gasteiger partial charge >= 0.3 is 84.3 Å². The number of hydrogen-bond acceptors (Lipinski definition) is 1. The summed E-state index contributed by atoms with van der Waals surface area (Å²) in [6.45, 7) is 9.57. The van der Waals surface area contributed by atoms with E-state index in [-0.39, 0.29) is 0 Å². The summed E-state index contributed by atoms with van der Waals surface area (Å²) in [6.07, 6.45) is 5.17. The van der Waals surface area contributed by atoms with Gasteiger partial charge in [0.25, 0.3) is 0 Å². The molecule has 0 N–H and O–H groups in total. The molecule has 0 amide bonds. The number of unbranched alkanes of at least 4 members (excludes halogenated alkanes) is 1. The van der Waals surface area contributed by atoms with Crippen LogP contribution in [0, 0.1) is 0 Å². The summed E-state index contributed by atoms with van der Waals surface area (Å²) in [5.41, 5.74) is 0. The van der Waals surface area contributed by atoms with Crippen molar-refractivity contribution in [1.29, 1.82) is 0 Å². The van der Waals surface area contributed by atoms with E-state index in [1.54, 1.807) is 5.21 Å². The molecular weight excluding hydrogens is 227 g/mol. The van der Waals surface area contributed by atoms with Gasteiger partial charge < -0.3 is 0 Å². The van der Waals surface area contributed by atoms with Gasteiger partial charge in [0.1, 0.15) is 0 Å². The Bertz CT molecular complexity index is 108. The fraction of sp³-hybridized carbons (Fsp3) is 1.00. The van der Waals surface area contributed by atoms with Crippen LogP contribution in [-0.2, 0) is 0 Å². The first-order valence-electron chi connectivity index (χ1n) is 5.05. The van der Waals surface area contributed by atoms with Crippen LogP contribution in [0.5, 0.6) is 0 Å². The van der Waals surface area contributed by atoms with Crippen molar-refractivity contribution in [1.82, 2.24) is 0 Å². The van der Waals surface area contributed by atoms with Crippen molar-refractivity contribution in [3.05, 3.63) is 0 Å². The van der Waals surface area contributed by atoms with Crippen molar-refractivity contribution in [3.63, 3.8) is 0 Å². The van der Waals surface area contributed by atoms with Crippen molar-refractivity contribution in [2.45, 2.75) is 55.7 Å². The van der Waals surface area contributed by atoms with E-state index < -0.39 is 12.4 Å². The first kappa shape index (κ1) is 12.9. The van der Waals surface area contributed by atoms with Gasteiger partial charge in [-0.05, 0) is 0 Å². The minimum absolute atomic E-state index is 0.981. The first-order valence-corrected chi connectivity index (χ1v) is 12.3. The summed E-state index contributed by atoms with van der Waals surface area (Å²) in [5.74, 6) is 0. The first-order chi connectivity index (χ1) is 5.63. The predicted octanol–water partition coefficient (Wildman–Crippen LogP) is 4.52. The third-order valence-corrected chi connectivity index (χ3v) is 21.0. The van der Waals surface area contributed by atoms with Gasteiger partial charge in [0.2, 0.25) is 0 Å². The number of hydrogen-bond donors (Lipinski definition) is 0. The zero-order valence-electron chi connectivity index (χ0n) is 9.26. The second-order valence-electron chi connectivity index (χ2n) is 3.62. The summed E-state index contributed by atoms with van der Waals surface area (Å²) >= 11 is -1.28. The quantitative estimate of drug-likeness (QED) is 0.625. The van der Waals surface area contributed by atoms with Crippen LogP contribution in [0.4, 0.5) is 0 Å². The molecule has 0 saturated heterocycles. The van der Waals surface area contributed by atoms with Gasteiger partial charge in [-0.1, -0.05) is 0 Å². The molecule has 0 nitrogen and oxygen atoms in total. The van der Waals surface area contributed by atoms with Crippen LogP contribution in [0.3, 0.4) is 0 Å². The van der Waals surface area contributed by atoms with Crippen LogP contribution in [0.15, 0.2) is 0 Å². The molecule has 2 heteroatoms. The molecule has 0 radical (unpaired) electrons. The molecule has 0 aromatic rings. The van der Waals surface area contributed by atoms with E-state index in [1.807, 2.05) is 0 Å². The molecular formula is C10H24AsS+. The summed E-state index contributed by atoms with van der Waals surface area (Å²) in [6, 6.07) is 0. The van der Waals surface area contributed by atoms with Crippen LogP contribution in [-0.4, -0.2) is 18.7 Å². The molecule has 0 bridgehead atoms. The predicted molar refractivity (Wildman–Crippen MR) is 64.6 cm³/mol. The molecule has 0 heterocycles. The summed E-state index contributed by atoms with van der Waals surface area (Å²) in [5, 5.41) is 3.04. The standard InChI is InChI=1S/C10H24AsS/c1-6-8-9-11(7-2,12-5)10(3)4/h10H,6-9H2,1-5H3/q+1. The normalized spacial score (nSPS) is 16.5. The van der Waals surface area contributed by atoms with Gasteiger partial charge in [-0.25, -0.2) is 0 Å². The molecule has 0 aliphatic carbocycles. The van der Waals surface area contributed by atoms with Gasteiger partial charge in [-0.2, -0.15) is 0 Å². The third-order valence-electron chi connectivity index (χ3n) is 2.73. The van der Waals surface area contributed by atoms with Gasteiger partial charge in [0.15, 0.2) is 0 Å². The Morgan fingerprint density at radius 3 is 2.08 bits per heavy atom. The maximum absolute atomic E-state index is 2.43. The van der Waals surface area contributed by atoms with E-state index in [0.717, 1.165) is 4.71 Å². The molecule has 0 spiro atoms. The second-order valence-corrected chi connectivity index (χ2v) is 18.5. The molecule has 0 fully saturated rings. The van der Waals surface area contributed by atoms with Crippen LogP contribution in [0.2, 0.25) is 15.1 Å². The Kier molecular flexibility index (Phi) is 6.86. The van der Waals surface area contributed by atoms with Crippen molar-refractivity contribution >= 4 is 22.4 Å². The Labute approximate surface area is 84.3 Å². The number of rotatable bonds is 6. The molecule has 12 heavy (non-hydrogen) atoms. The summed E-state index contributed by atoms with van der Waals surface area (Å²) < 4.78 is 0.981. The molecule has 0 aromatic heterocycles. The average molecular weight is 251 g/mol. The Morgan fingerprint density at radius 2 is 1.83 bits per heavy atom. The fourth-order valence-corrected chi connectivity index (χ4v) is 13.7. The van der Waals surface area contributed by atoms with E-state index in [1.165, 1.54) is 18.1 Å². The molecule has 0 aliphatic heterocycles. The monoisotopic (exact) mass is 251 g/mol. The second kappa shape index (κ2) is 6.38. The van der Waals surface area contributed by atoms with Gasteiger partial charge in [0.05, 0.1) is 0 Å². The van der Waals surface area contributed by atoms with Crippen molar-refractivity contribution in [2.75, 3.05) is 6.26 Å². The van der Waals surface area contributed by atoms with Crippen LogP contribution in [0.1, 0.15) is 40.5 Å². The fourth-order valence-electron chi connectivity index (χ4n) is 1.64. The van der Waals surface area contributed by atoms with Crippen LogP contribution >= 0.6 is 10.0 Å². The Hall–Kier alpha value is 0.908. The SMILES string of the molecule is CCCC[As+](CC)(SC)C(C)C. The van der Waals surface area contributed by atoms with Crippen molar-refractivity contribution in [3.8, 4) is 0 Å². The molecule has 0 aliphatic rings. The van der Waals surface area contributed by atoms with Gasteiger partial charge in [-0.15, -0.1) is 0 Å². The van der Waals surface area contributed by atoms with E-state index in [9.17, 15) is 0 Å². The third kappa shape index (κ3) is 3.34. The van der Waals surface area contributed by atoms with Gasteiger partial charge in [0, 0.05) is 0 Å². The van der Waals surface area contributed by atoms with Crippen LogP contribution < -0.4 is 0 Å². The Morgan fingerprint density at radius 1 is 1.25 bits per heavy atom. The van der Waals surface area contributed by atoms with Crippen molar-refractivity contribution in [2.24, 2.45) is 0 Å². The molecule has 0 aromatic carbocycles. The van der Waals surface area contributed by atoms with E-state index in [2.05, 4.69) is 44.0 Å². The zero-order valence-corrected chi connectivity index (χ0v) is 12.0. The topological polar surface area (TPSA) is 0 Å². The van der Waals surface area contributed by atoms with E-state index >= 15 is 0 Å². The maximum atomic E-state index is 2.43. The van der Waals surface area contributed by atoms with E-state index in [0.29, 0.717) is 0 Å². The molecule has 1 unspecified atom stereocenters. The average Bonchev–Trinajstić information content (AvgIpc) is 2.07.